The quantitative estimate of drug-likeness (QED) is 0.787. The second-order valence-electron chi connectivity index (χ2n) is 5.03. The van der Waals surface area contributed by atoms with Crippen LogP contribution in [0.5, 0.6) is 5.75 Å². The summed E-state index contributed by atoms with van der Waals surface area (Å²) in [7, 11) is 0. The van der Waals surface area contributed by atoms with Crippen LogP contribution in [0.2, 0.25) is 0 Å². The molecule has 1 amide bonds. The first-order chi connectivity index (χ1) is 11.3. The molecular formula is C18H17N3O2. The van der Waals surface area contributed by atoms with Crippen LogP contribution in [-0.4, -0.2) is 15.8 Å². The van der Waals surface area contributed by atoms with Crippen molar-refractivity contribution < 1.29 is 9.53 Å². The van der Waals surface area contributed by atoms with Crippen molar-refractivity contribution in [3.63, 3.8) is 0 Å². The first-order valence-corrected chi connectivity index (χ1v) is 7.35. The minimum atomic E-state index is -0.251. The molecule has 0 saturated heterocycles. The predicted molar refractivity (Wildman–Crippen MR) is 87.1 cm³/mol. The molecule has 0 aliphatic rings. The molecule has 0 bridgehead atoms. The summed E-state index contributed by atoms with van der Waals surface area (Å²) in [4.78, 5) is 11.8. The average Bonchev–Trinajstić information content (AvgIpc) is 3.14. The Bertz CT molecular complexity index is 738. The van der Waals surface area contributed by atoms with Crippen LogP contribution >= 0.6 is 0 Å². The average molecular weight is 307 g/mol. The van der Waals surface area contributed by atoms with E-state index in [1.165, 1.54) is 4.68 Å². The molecule has 0 spiro atoms. The Kier molecular flexibility index (Phi) is 4.69. The maximum atomic E-state index is 11.8. The van der Waals surface area contributed by atoms with Gasteiger partial charge in [0.1, 0.15) is 12.4 Å². The normalized spacial score (nSPS) is 10.3. The van der Waals surface area contributed by atoms with Crippen molar-refractivity contribution >= 4 is 6.03 Å². The molecule has 3 aromatic rings. The maximum Gasteiger partial charge on any atom is 0.342 e. The number of rotatable bonds is 5. The zero-order valence-electron chi connectivity index (χ0n) is 12.6. The van der Waals surface area contributed by atoms with Gasteiger partial charge in [-0.2, -0.15) is 9.78 Å². The standard InChI is InChI=1S/C18H17N3O2/c22-18(21-12-4-11-20-21)19-13-15-7-9-17(10-8-15)23-14-16-5-2-1-3-6-16/h1-12H,13-14H2,(H,19,22). The van der Waals surface area contributed by atoms with Gasteiger partial charge in [0.05, 0.1) is 0 Å². The molecule has 5 nitrogen and oxygen atoms in total. The van der Waals surface area contributed by atoms with Crippen LogP contribution in [-0.2, 0) is 13.2 Å². The molecule has 0 radical (unpaired) electrons. The molecule has 2 aromatic carbocycles. The van der Waals surface area contributed by atoms with Gasteiger partial charge in [0.2, 0.25) is 0 Å². The molecule has 0 aliphatic heterocycles. The van der Waals surface area contributed by atoms with Crippen LogP contribution in [0.3, 0.4) is 0 Å². The van der Waals surface area contributed by atoms with Gasteiger partial charge in [0.15, 0.2) is 0 Å². The van der Waals surface area contributed by atoms with Gasteiger partial charge < -0.3 is 10.1 Å². The lowest BCUT2D eigenvalue weighted by atomic mass is 10.2. The minimum absolute atomic E-state index is 0.251. The highest BCUT2D eigenvalue weighted by Crippen LogP contribution is 2.14. The SMILES string of the molecule is O=C(NCc1ccc(OCc2ccccc2)cc1)n1cccn1. The first kappa shape index (κ1) is 14.8. The molecular weight excluding hydrogens is 290 g/mol. The summed E-state index contributed by atoms with van der Waals surface area (Å²) in [5, 5.41) is 6.68. The highest BCUT2D eigenvalue weighted by molar-refractivity contribution is 5.75. The molecule has 1 aromatic heterocycles. The summed E-state index contributed by atoms with van der Waals surface area (Å²) in [5.74, 6) is 0.802. The summed E-state index contributed by atoms with van der Waals surface area (Å²) in [6.45, 7) is 0.980. The van der Waals surface area contributed by atoms with E-state index in [-0.39, 0.29) is 6.03 Å². The number of hydrogen-bond acceptors (Lipinski definition) is 3. The molecule has 0 aliphatic carbocycles. The zero-order valence-corrected chi connectivity index (χ0v) is 12.6. The zero-order chi connectivity index (χ0) is 15.9. The maximum absolute atomic E-state index is 11.8. The van der Waals surface area contributed by atoms with Crippen molar-refractivity contribution in [3.8, 4) is 5.75 Å². The number of aromatic nitrogens is 2. The Labute approximate surface area is 134 Å². The van der Waals surface area contributed by atoms with Gasteiger partial charge in [-0.1, -0.05) is 42.5 Å². The Hall–Kier alpha value is -3.08. The fraction of sp³-hybridized carbons (Fsp3) is 0.111. The van der Waals surface area contributed by atoms with Gasteiger partial charge >= 0.3 is 6.03 Å². The van der Waals surface area contributed by atoms with Gasteiger partial charge in [-0.25, -0.2) is 4.79 Å². The highest BCUT2D eigenvalue weighted by atomic mass is 16.5. The Morgan fingerprint density at radius 3 is 2.48 bits per heavy atom. The van der Waals surface area contributed by atoms with Crippen LogP contribution in [0, 0.1) is 0 Å². The van der Waals surface area contributed by atoms with Crippen LogP contribution in [0.25, 0.3) is 0 Å². The number of carbonyl (C=O) groups is 1. The van der Waals surface area contributed by atoms with Crippen LogP contribution in [0.1, 0.15) is 11.1 Å². The molecule has 1 N–H and O–H groups in total. The fourth-order valence-corrected chi connectivity index (χ4v) is 2.09. The van der Waals surface area contributed by atoms with Gasteiger partial charge in [-0.15, -0.1) is 0 Å². The summed E-state index contributed by atoms with van der Waals surface area (Å²) in [6, 6.07) is 19.1. The lowest BCUT2D eigenvalue weighted by Gasteiger charge is -2.08. The first-order valence-electron chi connectivity index (χ1n) is 7.35. The van der Waals surface area contributed by atoms with E-state index in [1.54, 1.807) is 18.5 Å². The molecule has 0 unspecified atom stereocenters. The predicted octanol–water partition coefficient (Wildman–Crippen LogP) is 3.22. The summed E-state index contributed by atoms with van der Waals surface area (Å²) >= 11 is 0. The number of amides is 1. The third-order valence-corrected chi connectivity index (χ3v) is 3.33. The van der Waals surface area contributed by atoms with Crippen LogP contribution < -0.4 is 10.1 Å². The molecule has 23 heavy (non-hydrogen) atoms. The lowest BCUT2D eigenvalue weighted by Crippen LogP contribution is -2.28. The van der Waals surface area contributed by atoms with Gasteiger partial charge in [-0.05, 0) is 29.3 Å². The fourth-order valence-electron chi connectivity index (χ4n) is 2.09. The summed E-state index contributed by atoms with van der Waals surface area (Å²) in [5.41, 5.74) is 2.13. The number of nitrogens with one attached hydrogen (secondary N) is 1. The van der Waals surface area contributed by atoms with E-state index in [4.69, 9.17) is 4.74 Å². The lowest BCUT2D eigenvalue weighted by molar-refractivity contribution is 0.239. The molecule has 116 valence electrons. The van der Waals surface area contributed by atoms with Crippen molar-refractivity contribution in [1.82, 2.24) is 15.1 Å². The molecule has 3 rings (SSSR count). The van der Waals surface area contributed by atoms with Gasteiger partial charge in [0.25, 0.3) is 0 Å². The number of ether oxygens (including phenoxy) is 1. The van der Waals surface area contributed by atoms with Crippen LogP contribution in [0.4, 0.5) is 4.79 Å². The summed E-state index contributed by atoms with van der Waals surface area (Å²) in [6.07, 6.45) is 3.17. The second-order valence-corrected chi connectivity index (χ2v) is 5.03. The summed E-state index contributed by atoms with van der Waals surface area (Å²) < 4.78 is 6.99. The van der Waals surface area contributed by atoms with Crippen molar-refractivity contribution in [2.24, 2.45) is 0 Å². The molecule has 5 heteroatoms. The smallest absolute Gasteiger partial charge is 0.342 e. The number of nitrogens with zero attached hydrogens (tertiary/aromatic N) is 2. The molecule has 1 heterocycles. The van der Waals surface area contributed by atoms with Crippen molar-refractivity contribution in [2.75, 3.05) is 0 Å². The molecule has 0 saturated carbocycles. The van der Waals surface area contributed by atoms with Gasteiger partial charge in [0, 0.05) is 18.9 Å². The van der Waals surface area contributed by atoms with E-state index in [0.717, 1.165) is 16.9 Å². The third-order valence-electron chi connectivity index (χ3n) is 3.33. The van der Waals surface area contributed by atoms with E-state index < -0.39 is 0 Å². The highest BCUT2D eigenvalue weighted by Gasteiger charge is 2.03. The Morgan fingerprint density at radius 1 is 1.00 bits per heavy atom. The minimum Gasteiger partial charge on any atom is -0.489 e. The van der Waals surface area contributed by atoms with E-state index in [2.05, 4.69) is 10.4 Å². The van der Waals surface area contributed by atoms with Crippen molar-refractivity contribution in [2.45, 2.75) is 13.2 Å². The Balaban J connectivity index is 1.50. The van der Waals surface area contributed by atoms with E-state index in [0.29, 0.717) is 13.2 Å². The third kappa shape index (κ3) is 4.20. The molecule has 0 fully saturated rings. The second kappa shape index (κ2) is 7.26. The van der Waals surface area contributed by atoms with E-state index in [9.17, 15) is 4.79 Å². The Morgan fingerprint density at radius 2 is 1.78 bits per heavy atom. The number of benzene rings is 2. The van der Waals surface area contributed by atoms with E-state index >= 15 is 0 Å². The topological polar surface area (TPSA) is 56.1 Å². The van der Waals surface area contributed by atoms with Crippen molar-refractivity contribution in [1.29, 1.82) is 0 Å². The number of carbonyl (C=O) groups excluding carboxylic acids is 1. The van der Waals surface area contributed by atoms with E-state index in [1.807, 2.05) is 54.6 Å². The monoisotopic (exact) mass is 307 g/mol. The van der Waals surface area contributed by atoms with Crippen molar-refractivity contribution in [3.05, 3.63) is 84.2 Å². The van der Waals surface area contributed by atoms with Crippen LogP contribution in [0.15, 0.2) is 73.1 Å². The van der Waals surface area contributed by atoms with Gasteiger partial charge in [-0.3, -0.25) is 0 Å². The molecule has 0 atom stereocenters. The largest absolute Gasteiger partial charge is 0.489 e. The number of hydrogen-bond donors (Lipinski definition) is 1.